The van der Waals surface area contributed by atoms with Crippen LogP contribution in [-0.2, 0) is 0 Å². The van der Waals surface area contributed by atoms with Crippen LogP contribution < -0.4 is 0 Å². The van der Waals surface area contributed by atoms with Crippen molar-refractivity contribution in [3.8, 4) is 0 Å². The third-order valence-electron chi connectivity index (χ3n) is 3.74. The van der Waals surface area contributed by atoms with Crippen LogP contribution in [0.15, 0.2) is 0 Å². The molecule has 0 aromatic rings. The normalized spacial score (nSPS) is 19.2. The van der Waals surface area contributed by atoms with Gasteiger partial charge in [0.15, 0.2) is 0 Å². The van der Waals surface area contributed by atoms with Gasteiger partial charge in [-0.15, -0.1) is 0 Å². The Morgan fingerprint density at radius 2 is 1.75 bits per heavy atom. The van der Waals surface area contributed by atoms with Crippen LogP contribution in [0.25, 0.3) is 0 Å². The third kappa shape index (κ3) is 2.22. The summed E-state index contributed by atoms with van der Waals surface area (Å²) in [6.07, 6.45) is 2.51. The molecule has 0 aliphatic heterocycles. The van der Waals surface area contributed by atoms with Crippen molar-refractivity contribution in [3.05, 3.63) is 0 Å². The molecule has 0 aliphatic carbocycles. The van der Waals surface area contributed by atoms with Crippen LogP contribution >= 0.6 is 0 Å². The maximum absolute atomic E-state index is 2.47. The molecule has 0 heterocycles. The van der Waals surface area contributed by atoms with E-state index in [0.29, 0.717) is 5.54 Å². The highest BCUT2D eigenvalue weighted by Crippen LogP contribution is 2.28. The second-order valence-corrected chi connectivity index (χ2v) is 4.03. The summed E-state index contributed by atoms with van der Waals surface area (Å²) in [6, 6.07) is 0. The SMILES string of the molecule is CCC(C)C(C)(CC)N(C)CC. The van der Waals surface area contributed by atoms with E-state index in [1.54, 1.807) is 0 Å². The van der Waals surface area contributed by atoms with Gasteiger partial charge in [0.25, 0.3) is 0 Å². The molecule has 1 nitrogen and oxygen atoms in total. The lowest BCUT2D eigenvalue weighted by Crippen LogP contribution is -2.48. The molecule has 0 N–H and O–H groups in total. The Labute approximate surface area is 78.1 Å². The van der Waals surface area contributed by atoms with Crippen molar-refractivity contribution in [1.82, 2.24) is 4.90 Å². The summed E-state index contributed by atoms with van der Waals surface area (Å²) in [5.41, 5.74) is 0.392. The fraction of sp³-hybridized carbons (Fsp3) is 1.00. The molecule has 0 amide bonds. The molecule has 74 valence electrons. The van der Waals surface area contributed by atoms with Crippen LogP contribution in [0.4, 0.5) is 0 Å². The lowest BCUT2D eigenvalue weighted by molar-refractivity contribution is 0.0777. The van der Waals surface area contributed by atoms with Crippen molar-refractivity contribution < 1.29 is 0 Å². The highest BCUT2D eigenvalue weighted by molar-refractivity contribution is 4.86. The van der Waals surface area contributed by atoms with Gasteiger partial charge in [-0.1, -0.05) is 34.1 Å². The van der Waals surface area contributed by atoms with E-state index in [4.69, 9.17) is 0 Å². The summed E-state index contributed by atoms with van der Waals surface area (Å²) in [5, 5.41) is 0. The van der Waals surface area contributed by atoms with E-state index in [2.05, 4.69) is 46.6 Å². The zero-order valence-electron chi connectivity index (χ0n) is 9.65. The molecule has 0 aliphatic rings. The highest BCUT2D eigenvalue weighted by Gasteiger charge is 2.31. The molecular formula is C11H25N. The molecule has 0 saturated heterocycles. The average Bonchev–Trinajstić information content (AvgIpc) is 2.13. The molecule has 0 rings (SSSR count). The summed E-state index contributed by atoms with van der Waals surface area (Å²) < 4.78 is 0. The van der Waals surface area contributed by atoms with Crippen molar-refractivity contribution >= 4 is 0 Å². The first-order valence-electron chi connectivity index (χ1n) is 5.24. The second kappa shape index (κ2) is 4.86. The maximum atomic E-state index is 2.47. The topological polar surface area (TPSA) is 3.24 Å². The number of rotatable bonds is 5. The van der Waals surface area contributed by atoms with E-state index in [9.17, 15) is 0 Å². The minimum Gasteiger partial charge on any atom is -0.301 e. The molecule has 2 unspecified atom stereocenters. The highest BCUT2D eigenvalue weighted by atomic mass is 15.2. The summed E-state index contributed by atoms with van der Waals surface area (Å²) in [7, 11) is 2.23. The van der Waals surface area contributed by atoms with Crippen LogP contribution in [0.1, 0.15) is 47.5 Å². The zero-order valence-corrected chi connectivity index (χ0v) is 9.65. The van der Waals surface area contributed by atoms with Crippen LogP contribution in [0.5, 0.6) is 0 Å². The van der Waals surface area contributed by atoms with Gasteiger partial charge in [0.1, 0.15) is 0 Å². The molecule has 0 aromatic carbocycles. The minimum atomic E-state index is 0.392. The Hall–Kier alpha value is -0.0400. The van der Waals surface area contributed by atoms with E-state index >= 15 is 0 Å². The standard InChI is InChI=1S/C11H25N/c1-7-10(4)11(5,8-2)12(6)9-3/h10H,7-9H2,1-6H3. The van der Waals surface area contributed by atoms with Crippen LogP contribution in [0.2, 0.25) is 0 Å². The molecular weight excluding hydrogens is 146 g/mol. The maximum Gasteiger partial charge on any atom is 0.0201 e. The summed E-state index contributed by atoms with van der Waals surface area (Å²) >= 11 is 0. The van der Waals surface area contributed by atoms with Gasteiger partial charge in [0.2, 0.25) is 0 Å². The lowest BCUT2D eigenvalue weighted by Gasteiger charge is -2.42. The quantitative estimate of drug-likeness (QED) is 0.614. The van der Waals surface area contributed by atoms with E-state index in [1.165, 1.54) is 12.8 Å². The van der Waals surface area contributed by atoms with Crippen molar-refractivity contribution in [1.29, 1.82) is 0 Å². The number of hydrogen-bond donors (Lipinski definition) is 0. The van der Waals surface area contributed by atoms with E-state index in [1.807, 2.05) is 0 Å². The van der Waals surface area contributed by atoms with Crippen LogP contribution in [0, 0.1) is 5.92 Å². The Balaban J connectivity index is 4.42. The molecule has 12 heavy (non-hydrogen) atoms. The smallest absolute Gasteiger partial charge is 0.0201 e. The number of nitrogens with zero attached hydrogens (tertiary/aromatic N) is 1. The molecule has 2 atom stereocenters. The van der Waals surface area contributed by atoms with Gasteiger partial charge < -0.3 is 4.90 Å². The van der Waals surface area contributed by atoms with Gasteiger partial charge in [0, 0.05) is 5.54 Å². The predicted molar refractivity (Wildman–Crippen MR) is 56.5 cm³/mol. The summed E-state index contributed by atoms with van der Waals surface area (Å²) in [4.78, 5) is 2.47. The van der Waals surface area contributed by atoms with Gasteiger partial charge >= 0.3 is 0 Å². The van der Waals surface area contributed by atoms with E-state index in [-0.39, 0.29) is 0 Å². The van der Waals surface area contributed by atoms with Gasteiger partial charge in [-0.05, 0) is 32.9 Å². The Bertz CT molecular complexity index is 110. The largest absolute Gasteiger partial charge is 0.301 e. The second-order valence-electron chi connectivity index (χ2n) is 4.03. The van der Waals surface area contributed by atoms with Gasteiger partial charge in [-0.2, -0.15) is 0 Å². The monoisotopic (exact) mass is 171 g/mol. The number of hydrogen-bond acceptors (Lipinski definition) is 1. The Morgan fingerprint density at radius 3 is 2.00 bits per heavy atom. The van der Waals surface area contributed by atoms with Crippen molar-refractivity contribution in [3.63, 3.8) is 0 Å². The zero-order chi connectivity index (χ0) is 9.78. The van der Waals surface area contributed by atoms with Crippen LogP contribution in [0.3, 0.4) is 0 Å². The van der Waals surface area contributed by atoms with Crippen molar-refractivity contribution in [2.45, 2.75) is 53.0 Å². The van der Waals surface area contributed by atoms with Crippen molar-refractivity contribution in [2.24, 2.45) is 5.92 Å². The minimum absolute atomic E-state index is 0.392. The summed E-state index contributed by atoms with van der Waals surface area (Å²) in [5.74, 6) is 0.785. The van der Waals surface area contributed by atoms with E-state index < -0.39 is 0 Å². The van der Waals surface area contributed by atoms with Gasteiger partial charge in [-0.3, -0.25) is 0 Å². The molecule has 0 spiro atoms. The molecule has 0 saturated carbocycles. The first-order chi connectivity index (χ1) is 5.52. The molecule has 0 fully saturated rings. The van der Waals surface area contributed by atoms with Crippen molar-refractivity contribution in [2.75, 3.05) is 13.6 Å². The third-order valence-corrected chi connectivity index (χ3v) is 3.74. The first kappa shape index (κ1) is 12.0. The summed E-state index contributed by atoms with van der Waals surface area (Å²) in [6.45, 7) is 12.7. The lowest BCUT2D eigenvalue weighted by atomic mass is 9.81. The Morgan fingerprint density at radius 1 is 1.25 bits per heavy atom. The Kier molecular flexibility index (Phi) is 4.84. The molecule has 0 aromatic heterocycles. The molecule has 0 radical (unpaired) electrons. The van der Waals surface area contributed by atoms with Gasteiger partial charge in [-0.25, -0.2) is 0 Å². The molecule has 1 heteroatoms. The van der Waals surface area contributed by atoms with Gasteiger partial charge in [0.05, 0.1) is 0 Å². The average molecular weight is 171 g/mol. The predicted octanol–water partition coefficient (Wildman–Crippen LogP) is 3.15. The first-order valence-corrected chi connectivity index (χ1v) is 5.24. The van der Waals surface area contributed by atoms with Crippen LogP contribution in [-0.4, -0.2) is 24.0 Å². The fourth-order valence-electron chi connectivity index (χ4n) is 1.80. The molecule has 0 bridgehead atoms. The van der Waals surface area contributed by atoms with E-state index in [0.717, 1.165) is 12.5 Å². The fourth-order valence-corrected chi connectivity index (χ4v) is 1.80.